The largest absolute Gasteiger partial charge is 0.322 e. The van der Waals surface area contributed by atoms with Crippen molar-refractivity contribution in [3.63, 3.8) is 0 Å². The molecule has 3 aromatic carbocycles. The number of halogens is 2. The zero-order chi connectivity index (χ0) is 23.6. The number of hydrogen-bond acceptors (Lipinski definition) is 3. The van der Waals surface area contributed by atoms with Crippen molar-refractivity contribution in [2.45, 2.75) is 37.5 Å². The molecule has 0 unspecified atom stereocenters. The lowest BCUT2D eigenvalue weighted by molar-refractivity contribution is 0.102. The molecule has 1 amide bonds. The van der Waals surface area contributed by atoms with Crippen molar-refractivity contribution in [2.24, 2.45) is 0 Å². The zero-order valence-corrected chi connectivity index (χ0v) is 20.5. The minimum atomic E-state index is -4.03. The highest BCUT2D eigenvalue weighted by Crippen LogP contribution is 2.34. The van der Waals surface area contributed by atoms with Gasteiger partial charge < -0.3 is 5.32 Å². The molecule has 0 spiro atoms. The first-order chi connectivity index (χ1) is 15.8. The summed E-state index contributed by atoms with van der Waals surface area (Å²) in [7, 11) is -4.03. The number of nitrogens with zero attached hydrogens (tertiary/aromatic N) is 1. The van der Waals surface area contributed by atoms with Crippen LogP contribution in [0.4, 0.5) is 11.4 Å². The summed E-state index contributed by atoms with van der Waals surface area (Å²) in [6.45, 7) is 1.93. The van der Waals surface area contributed by atoms with Gasteiger partial charge in [0.1, 0.15) is 4.90 Å². The lowest BCUT2D eigenvalue weighted by atomic mass is 9.90. The average Bonchev–Trinajstić information content (AvgIpc) is 2.80. The monoisotopic (exact) mass is 502 g/mol. The van der Waals surface area contributed by atoms with Crippen molar-refractivity contribution in [1.82, 2.24) is 0 Å². The summed E-state index contributed by atoms with van der Waals surface area (Å²) in [4.78, 5) is 13.0. The van der Waals surface area contributed by atoms with Crippen LogP contribution in [-0.4, -0.2) is 20.9 Å². The SMILES string of the molecule is CCN(c1ccccc1)S(=O)(=O)c1cc(C(=O)Nc2cccc3c2CCCC3)c(Cl)cc1Cl. The topological polar surface area (TPSA) is 66.5 Å². The molecule has 0 fully saturated rings. The molecule has 5 nitrogen and oxygen atoms in total. The average molecular weight is 503 g/mol. The van der Waals surface area contributed by atoms with E-state index in [-0.39, 0.29) is 27.0 Å². The van der Waals surface area contributed by atoms with Gasteiger partial charge in [0.2, 0.25) is 0 Å². The van der Waals surface area contributed by atoms with Gasteiger partial charge in [-0.15, -0.1) is 0 Å². The Kier molecular flexibility index (Phi) is 6.98. The summed E-state index contributed by atoms with van der Waals surface area (Å²) in [5.41, 5.74) is 3.64. The van der Waals surface area contributed by atoms with Gasteiger partial charge in [-0.2, -0.15) is 0 Å². The van der Waals surface area contributed by atoms with Crippen molar-refractivity contribution in [2.75, 3.05) is 16.2 Å². The molecule has 4 rings (SSSR count). The first kappa shape index (κ1) is 23.6. The number of rotatable bonds is 6. The Labute approximate surface area is 204 Å². The molecule has 0 saturated carbocycles. The van der Waals surface area contributed by atoms with Crippen LogP contribution < -0.4 is 9.62 Å². The lowest BCUT2D eigenvalue weighted by Gasteiger charge is -2.24. The van der Waals surface area contributed by atoms with Crippen LogP contribution in [-0.2, 0) is 22.9 Å². The zero-order valence-electron chi connectivity index (χ0n) is 18.1. The molecule has 1 aliphatic carbocycles. The minimum Gasteiger partial charge on any atom is -0.322 e. The maximum absolute atomic E-state index is 13.5. The summed E-state index contributed by atoms with van der Waals surface area (Å²) >= 11 is 12.6. The van der Waals surface area contributed by atoms with E-state index in [4.69, 9.17) is 23.2 Å². The summed E-state index contributed by atoms with van der Waals surface area (Å²) in [5.74, 6) is -0.477. The second-order valence-electron chi connectivity index (χ2n) is 7.87. The van der Waals surface area contributed by atoms with Gasteiger partial charge >= 0.3 is 0 Å². The Morgan fingerprint density at radius 1 is 0.970 bits per heavy atom. The molecule has 8 heteroatoms. The molecule has 0 aliphatic heterocycles. The minimum absolute atomic E-state index is 0.0389. The van der Waals surface area contributed by atoms with E-state index in [9.17, 15) is 13.2 Å². The molecule has 1 N–H and O–H groups in total. The molecule has 1 aliphatic rings. The van der Waals surface area contributed by atoms with Crippen LogP contribution in [0.15, 0.2) is 65.6 Å². The number of benzene rings is 3. The fraction of sp³-hybridized carbons (Fsp3) is 0.240. The van der Waals surface area contributed by atoms with E-state index in [0.29, 0.717) is 5.69 Å². The molecule has 3 aromatic rings. The standard InChI is InChI=1S/C25H24Cl2N2O3S/c1-2-29(18-11-4-3-5-12-18)33(31,32)24-15-20(21(26)16-22(24)27)25(30)28-23-14-8-10-17-9-6-7-13-19(17)23/h3-5,8,10-12,14-16H,2,6-7,9,13H2,1H3,(H,28,30). The van der Waals surface area contributed by atoms with Crippen molar-refractivity contribution < 1.29 is 13.2 Å². The molecule has 0 saturated heterocycles. The fourth-order valence-corrected chi connectivity index (χ4v) is 6.50. The Balaban J connectivity index is 1.71. The molecule has 0 radical (unpaired) electrons. The van der Waals surface area contributed by atoms with E-state index in [2.05, 4.69) is 11.4 Å². The van der Waals surface area contributed by atoms with E-state index in [1.807, 2.05) is 18.2 Å². The molecule has 0 bridgehead atoms. The highest BCUT2D eigenvalue weighted by Gasteiger charge is 2.28. The number of carbonyl (C=O) groups excluding carboxylic acids is 1. The molecule has 172 valence electrons. The van der Waals surface area contributed by atoms with E-state index in [1.54, 1.807) is 31.2 Å². The molecule has 0 heterocycles. The maximum atomic E-state index is 13.5. The van der Waals surface area contributed by atoms with Gasteiger partial charge in [-0.3, -0.25) is 9.10 Å². The number of carbonyl (C=O) groups is 1. The van der Waals surface area contributed by atoms with Crippen LogP contribution in [0.25, 0.3) is 0 Å². The second-order valence-corrected chi connectivity index (χ2v) is 10.5. The van der Waals surface area contributed by atoms with Crippen LogP contribution in [0.2, 0.25) is 10.0 Å². The Bertz CT molecular complexity index is 1290. The third-order valence-electron chi connectivity index (χ3n) is 5.81. The van der Waals surface area contributed by atoms with E-state index < -0.39 is 15.9 Å². The molecular formula is C25H24Cl2N2O3S. The number of aryl methyl sites for hydroxylation is 1. The number of sulfonamides is 1. The first-order valence-electron chi connectivity index (χ1n) is 10.8. The number of para-hydroxylation sites is 1. The quantitative estimate of drug-likeness (QED) is 0.427. The van der Waals surface area contributed by atoms with Gasteiger partial charge in [-0.25, -0.2) is 8.42 Å². The normalized spacial score (nSPS) is 13.3. The first-order valence-corrected chi connectivity index (χ1v) is 13.0. The summed E-state index contributed by atoms with van der Waals surface area (Å²) in [5, 5.41) is 2.97. The van der Waals surface area contributed by atoms with Gasteiger partial charge in [0, 0.05) is 12.2 Å². The highest BCUT2D eigenvalue weighted by molar-refractivity contribution is 7.93. The molecule has 33 heavy (non-hydrogen) atoms. The highest BCUT2D eigenvalue weighted by atomic mass is 35.5. The van der Waals surface area contributed by atoms with Gasteiger partial charge in [-0.05, 0) is 74.1 Å². The van der Waals surface area contributed by atoms with Crippen molar-refractivity contribution in [3.8, 4) is 0 Å². The number of hydrogen-bond donors (Lipinski definition) is 1. The van der Waals surface area contributed by atoms with Crippen LogP contribution in [0.1, 0.15) is 41.3 Å². The number of anilines is 2. The number of nitrogens with one attached hydrogen (secondary N) is 1. The van der Waals surface area contributed by atoms with Gasteiger partial charge in [0.15, 0.2) is 0 Å². The van der Waals surface area contributed by atoms with Crippen molar-refractivity contribution >= 4 is 50.5 Å². The maximum Gasteiger partial charge on any atom is 0.265 e. The van der Waals surface area contributed by atoms with Gasteiger partial charge in [-0.1, -0.05) is 53.5 Å². The van der Waals surface area contributed by atoms with E-state index in [0.717, 1.165) is 36.9 Å². The van der Waals surface area contributed by atoms with Crippen LogP contribution in [0.5, 0.6) is 0 Å². The molecule has 0 atom stereocenters. The Morgan fingerprint density at radius 3 is 2.42 bits per heavy atom. The third-order valence-corrected chi connectivity index (χ3v) is 8.49. The van der Waals surface area contributed by atoms with Crippen LogP contribution in [0, 0.1) is 0 Å². The van der Waals surface area contributed by atoms with Crippen LogP contribution in [0.3, 0.4) is 0 Å². The second kappa shape index (κ2) is 9.75. The lowest BCUT2D eigenvalue weighted by Crippen LogP contribution is -2.31. The smallest absolute Gasteiger partial charge is 0.265 e. The van der Waals surface area contributed by atoms with E-state index in [1.165, 1.54) is 22.0 Å². The predicted molar refractivity (Wildman–Crippen MR) is 134 cm³/mol. The number of fused-ring (bicyclic) bond motifs is 1. The van der Waals surface area contributed by atoms with Gasteiger partial charge in [0.05, 0.1) is 21.3 Å². The van der Waals surface area contributed by atoms with Gasteiger partial charge in [0.25, 0.3) is 15.9 Å². The van der Waals surface area contributed by atoms with Crippen molar-refractivity contribution in [1.29, 1.82) is 0 Å². The third kappa shape index (κ3) is 4.74. The summed E-state index contributed by atoms with van der Waals surface area (Å²) in [6, 6.07) is 17.2. The predicted octanol–water partition coefficient (Wildman–Crippen LogP) is 6.34. The molecule has 0 aromatic heterocycles. The Morgan fingerprint density at radius 2 is 1.70 bits per heavy atom. The number of amides is 1. The summed E-state index contributed by atoms with van der Waals surface area (Å²) in [6.07, 6.45) is 4.07. The molecular weight excluding hydrogens is 479 g/mol. The Hall–Kier alpha value is -2.54. The van der Waals surface area contributed by atoms with Crippen LogP contribution >= 0.6 is 23.2 Å². The van der Waals surface area contributed by atoms with E-state index >= 15 is 0 Å². The van der Waals surface area contributed by atoms with Crippen molar-refractivity contribution in [3.05, 3.63) is 87.4 Å². The summed E-state index contributed by atoms with van der Waals surface area (Å²) < 4.78 is 28.2. The fourth-order valence-electron chi connectivity index (χ4n) is 4.19.